The number of carbonyl (C=O) groups excluding carboxylic acids is 2. The molecule has 8 heteroatoms. The Kier molecular flexibility index (Phi) is 7.19. The van der Waals surface area contributed by atoms with E-state index in [9.17, 15) is 14.9 Å². The molecule has 0 saturated heterocycles. The molecule has 0 fully saturated rings. The number of carbonyl (C=O) groups is 2. The van der Waals surface area contributed by atoms with Crippen molar-refractivity contribution in [2.45, 2.75) is 39.5 Å². The molecular weight excluding hydrogens is 398 g/mol. The van der Waals surface area contributed by atoms with Crippen LogP contribution in [-0.4, -0.2) is 41.8 Å². The molecule has 0 aromatic carbocycles. The van der Waals surface area contributed by atoms with E-state index in [1.807, 2.05) is 13.0 Å². The molecular formula is C22H27N5O2S. The molecule has 0 aliphatic heterocycles. The van der Waals surface area contributed by atoms with Gasteiger partial charge in [-0.15, -0.1) is 11.3 Å². The maximum atomic E-state index is 12.4. The molecule has 30 heavy (non-hydrogen) atoms. The van der Waals surface area contributed by atoms with Crippen molar-refractivity contribution in [3.05, 3.63) is 39.9 Å². The number of likely N-dealkylation sites (N-methyl/N-ethyl adjacent to an activating group) is 1. The summed E-state index contributed by atoms with van der Waals surface area (Å²) in [6, 6.07) is 5.94. The Bertz CT molecular complexity index is 978. The van der Waals surface area contributed by atoms with Crippen LogP contribution < -0.4 is 10.6 Å². The third-order valence-electron chi connectivity index (χ3n) is 5.19. The predicted octanol–water partition coefficient (Wildman–Crippen LogP) is 3.35. The van der Waals surface area contributed by atoms with E-state index >= 15 is 0 Å². The molecule has 2 N–H and O–H groups in total. The van der Waals surface area contributed by atoms with Crippen LogP contribution >= 0.6 is 11.3 Å². The van der Waals surface area contributed by atoms with Gasteiger partial charge >= 0.3 is 0 Å². The molecule has 1 aliphatic rings. The first kappa shape index (κ1) is 21.9. The van der Waals surface area contributed by atoms with E-state index in [4.69, 9.17) is 0 Å². The van der Waals surface area contributed by atoms with Gasteiger partial charge in [0.15, 0.2) is 0 Å². The van der Waals surface area contributed by atoms with Crippen LogP contribution in [0.25, 0.3) is 0 Å². The molecule has 0 bridgehead atoms. The molecule has 2 heterocycles. The first-order valence-corrected chi connectivity index (χ1v) is 10.9. The Morgan fingerprint density at radius 3 is 2.90 bits per heavy atom. The lowest BCUT2D eigenvalue weighted by atomic mass is 9.89. The van der Waals surface area contributed by atoms with Gasteiger partial charge in [0.25, 0.3) is 0 Å². The van der Waals surface area contributed by atoms with Crippen LogP contribution in [0.5, 0.6) is 0 Å². The number of nitrogens with zero attached hydrogens (tertiary/aromatic N) is 3. The zero-order valence-electron chi connectivity index (χ0n) is 17.6. The highest BCUT2D eigenvalue weighted by Crippen LogP contribution is 2.39. The van der Waals surface area contributed by atoms with E-state index in [2.05, 4.69) is 28.6 Å². The summed E-state index contributed by atoms with van der Waals surface area (Å²) in [5, 5.41) is 15.9. The third-order valence-corrected chi connectivity index (χ3v) is 6.36. The number of nitriles is 1. The third kappa shape index (κ3) is 5.65. The molecule has 2 aromatic heterocycles. The average molecular weight is 426 g/mol. The molecule has 0 radical (unpaired) electrons. The number of rotatable bonds is 7. The minimum absolute atomic E-state index is 0.147. The summed E-state index contributed by atoms with van der Waals surface area (Å²) < 4.78 is 0. The Labute approximate surface area is 181 Å². The molecule has 7 nitrogen and oxygen atoms in total. The first-order valence-electron chi connectivity index (χ1n) is 10.1. The molecule has 0 spiro atoms. The smallest absolute Gasteiger partial charge is 0.239 e. The Morgan fingerprint density at radius 2 is 2.17 bits per heavy atom. The van der Waals surface area contributed by atoms with Crippen molar-refractivity contribution in [1.29, 1.82) is 5.26 Å². The minimum Gasteiger partial charge on any atom is -0.317 e. The lowest BCUT2D eigenvalue weighted by Gasteiger charge is -2.17. The van der Waals surface area contributed by atoms with Crippen LogP contribution in [-0.2, 0) is 22.4 Å². The SMILES string of the molecule is Cc1ccnc(NC(=O)CN(C)CCC(=O)Nc2sc3c(c2C#N)CCC(C)C3)c1. The Balaban J connectivity index is 1.49. The second-order valence-corrected chi connectivity index (χ2v) is 9.08. The molecule has 2 amide bonds. The summed E-state index contributed by atoms with van der Waals surface area (Å²) in [4.78, 5) is 31.7. The van der Waals surface area contributed by atoms with Gasteiger partial charge in [-0.05, 0) is 62.4 Å². The van der Waals surface area contributed by atoms with Crippen LogP contribution in [0.1, 0.15) is 41.3 Å². The molecule has 0 saturated carbocycles. The molecule has 1 aliphatic carbocycles. The van der Waals surface area contributed by atoms with Gasteiger partial charge in [0.05, 0.1) is 12.1 Å². The standard InChI is InChI=1S/C22H27N5O2S/c1-14-4-5-16-17(12-23)22(30-18(16)10-14)26-20(28)7-9-27(3)13-21(29)25-19-11-15(2)6-8-24-19/h6,8,11,14H,4-5,7,9-10,13H2,1-3H3,(H,26,28)(H,24,25,29). The van der Waals surface area contributed by atoms with Crippen molar-refractivity contribution in [2.24, 2.45) is 5.92 Å². The topological polar surface area (TPSA) is 98.1 Å². The number of aryl methyl sites for hydroxylation is 1. The lowest BCUT2D eigenvalue weighted by Crippen LogP contribution is -2.32. The van der Waals surface area contributed by atoms with E-state index in [1.54, 1.807) is 24.2 Å². The number of nitrogens with one attached hydrogen (secondary N) is 2. The normalized spacial score (nSPS) is 15.4. The van der Waals surface area contributed by atoms with Crippen LogP contribution in [0.3, 0.4) is 0 Å². The number of hydrogen-bond acceptors (Lipinski definition) is 6. The van der Waals surface area contributed by atoms with Gasteiger partial charge in [0, 0.05) is 24.0 Å². The summed E-state index contributed by atoms with van der Waals surface area (Å²) in [5.41, 5.74) is 2.75. The van der Waals surface area contributed by atoms with Gasteiger partial charge in [-0.2, -0.15) is 5.26 Å². The average Bonchev–Trinajstić information content (AvgIpc) is 3.02. The maximum absolute atomic E-state index is 12.4. The van der Waals surface area contributed by atoms with Crippen LogP contribution in [0.15, 0.2) is 18.3 Å². The summed E-state index contributed by atoms with van der Waals surface area (Å²) in [5.74, 6) is 0.806. The van der Waals surface area contributed by atoms with Crippen LogP contribution in [0.4, 0.5) is 10.8 Å². The zero-order valence-corrected chi connectivity index (χ0v) is 18.4. The predicted molar refractivity (Wildman–Crippen MR) is 119 cm³/mol. The van der Waals surface area contributed by atoms with E-state index in [0.29, 0.717) is 28.8 Å². The van der Waals surface area contributed by atoms with Gasteiger partial charge in [-0.1, -0.05) is 6.92 Å². The van der Waals surface area contributed by atoms with Crippen LogP contribution in [0, 0.1) is 24.2 Å². The van der Waals surface area contributed by atoms with Gasteiger partial charge < -0.3 is 10.6 Å². The number of amides is 2. The summed E-state index contributed by atoms with van der Waals surface area (Å²) in [6.45, 7) is 4.75. The molecule has 1 atom stereocenters. The Morgan fingerprint density at radius 1 is 1.37 bits per heavy atom. The second-order valence-electron chi connectivity index (χ2n) is 7.97. The van der Waals surface area contributed by atoms with Crippen molar-refractivity contribution < 1.29 is 9.59 Å². The number of aromatic nitrogens is 1. The number of hydrogen-bond donors (Lipinski definition) is 2. The van der Waals surface area contributed by atoms with E-state index in [-0.39, 0.29) is 24.8 Å². The minimum atomic E-state index is -0.178. The van der Waals surface area contributed by atoms with Crippen molar-refractivity contribution in [3.8, 4) is 6.07 Å². The largest absolute Gasteiger partial charge is 0.317 e. The quantitative estimate of drug-likeness (QED) is 0.709. The highest BCUT2D eigenvalue weighted by atomic mass is 32.1. The number of anilines is 2. The fourth-order valence-corrected chi connectivity index (χ4v) is 4.93. The summed E-state index contributed by atoms with van der Waals surface area (Å²) in [6.07, 6.45) is 4.85. The highest BCUT2D eigenvalue weighted by Gasteiger charge is 2.24. The second kappa shape index (κ2) is 9.83. The van der Waals surface area contributed by atoms with Crippen molar-refractivity contribution in [3.63, 3.8) is 0 Å². The van der Waals surface area contributed by atoms with E-state index in [0.717, 1.165) is 30.4 Å². The van der Waals surface area contributed by atoms with Crippen molar-refractivity contribution in [1.82, 2.24) is 9.88 Å². The van der Waals surface area contributed by atoms with Crippen LogP contribution in [0.2, 0.25) is 0 Å². The molecule has 1 unspecified atom stereocenters. The van der Waals surface area contributed by atoms with E-state index < -0.39 is 0 Å². The fourth-order valence-electron chi connectivity index (χ4n) is 3.55. The zero-order chi connectivity index (χ0) is 21.7. The fraction of sp³-hybridized carbons (Fsp3) is 0.455. The molecule has 3 rings (SSSR count). The van der Waals surface area contributed by atoms with Crippen molar-refractivity contribution >= 4 is 34.0 Å². The maximum Gasteiger partial charge on any atom is 0.239 e. The monoisotopic (exact) mass is 425 g/mol. The van der Waals surface area contributed by atoms with Crippen molar-refractivity contribution in [2.75, 3.05) is 30.8 Å². The first-order chi connectivity index (χ1) is 14.4. The van der Waals surface area contributed by atoms with Gasteiger partial charge in [0.1, 0.15) is 16.9 Å². The van der Waals surface area contributed by atoms with Gasteiger partial charge in [-0.25, -0.2) is 4.98 Å². The summed E-state index contributed by atoms with van der Waals surface area (Å²) >= 11 is 1.53. The van der Waals surface area contributed by atoms with E-state index in [1.165, 1.54) is 16.2 Å². The lowest BCUT2D eigenvalue weighted by molar-refractivity contribution is -0.119. The summed E-state index contributed by atoms with van der Waals surface area (Å²) in [7, 11) is 1.79. The molecule has 2 aromatic rings. The number of thiophene rings is 1. The highest BCUT2D eigenvalue weighted by molar-refractivity contribution is 7.16. The number of pyridine rings is 1. The van der Waals surface area contributed by atoms with Gasteiger partial charge in [0.2, 0.25) is 11.8 Å². The Hall–Kier alpha value is -2.76. The number of fused-ring (bicyclic) bond motifs is 1. The van der Waals surface area contributed by atoms with Gasteiger partial charge in [-0.3, -0.25) is 14.5 Å². The molecule has 158 valence electrons.